The standard InChI is InChI=1S/C17H15ClFN3O/c1-23-14-6-7-15(17(18)8-14)16(9-22-11-20-10-21-22)12-2-4-13(19)5-3-12/h2-8,10-11,16H,9H2,1H3. The number of nitrogens with zero attached hydrogens (tertiary/aromatic N) is 3. The summed E-state index contributed by atoms with van der Waals surface area (Å²) in [6.07, 6.45) is 3.13. The van der Waals surface area contributed by atoms with Crippen LogP contribution in [0.1, 0.15) is 17.0 Å². The summed E-state index contributed by atoms with van der Waals surface area (Å²) in [5, 5.41) is 4.75. The molecule has 0 fully saturated rings. The summed E-state index contributed by atoms with van der Waals surface area (Å²) in [6, 6.07) is 12.0. The van der Waals surface area contributed by atoms with E-state index in [4.69, 9.17) is 16.3 Å². The number of benzene rings is 2. The number of hydrogen-bond acceptors (Lipinski definition) is 3. The summed E-state index contributed by atoms with van der Waals surface area (Å²) in [6.45, 7) is 0.553. The fourth-order valence-corrected chi connectivity index (χ4v) is 2.81. The van der Waals surface area contributed by atoms with Gasteiger partial charge in [0.25, 0.3) is 0 Å². The molecule has 23 heavy (non-hydrogen) atoms. The zero-order valence-electron chi connectivity index (χ0n) is 12.5. The van der Waals surface area contributed by atoms with Crippen molar-refractivity contribution in [2.24, 2.45) is 0 Å². The van der Waals surface area contributed by atoms with E-state index in [0.29, 0.717) is 17.3 Å². The topological polar surface area (TPSA) is 39.9 Å². The van der Waals surface area contributed by atoms with E-state index in [1.807, 2.05) is 12.1 Å². The molecule has 2 aromatic carbocycles. The number of ether oxygens (including phenoxy) is 1. The van der Waals surface area contributed by atoms with Crippen molar-refractivity contribution in [2.45, 2.75) is 12.5 Å². The molecule has 0 N–H and O–H groups in total. The van der Waals surface area contributed by atoms with Crippen LogP contribution < -0.4 is 4.74 Å². The first-order valence-electron chi connectivity index (χ1n) is 7.08. The van der Waals surface area contributed by atoms with Gasteiger partial charge in [-0.3, -0.25) is 4.68 Å². The first kappa shape index (κ1) is 15.5. The number of rotatable bonds is 5. The van der Waals surface area contributed by atoms with Gasteiger partial charge < -0.3 is 4.74 Å². The Kier molecular flexibility index (Phi) is 4.57. The van der Waals surface area contributed by atoms with Gasteiger partial charge in [-0.05, 0) is 35.4 Å². The molecular formula is C17H15ClFN3O. The fourth-order valence-electron chi connectivity index (χ4n) is 2.51. The number of methoxy groups -OCH3 is 1. The first-order valence-corrected chi connectivity index (χ1v) is 7.46. The highest BCUT2D eigenvalue weighted by Gasteiger charge is 2.19. The summed E-state index contributed by atoms with van der Waals surface area (Å²) in [5.41, 5.74) is 1.88. The Morgan fingerprint density at radius 3 is 2.61 bits per heavy atom. The van der Waals surface area contributed by atoms with E-state index in [2.05, 4.69) is 10.1 Å². The predicted octanol–water partition coefficient (Wildman–Crippen LogP) is 3.91. The van der Waals surface area contributed by atoms with Crippen LogP contribution in [0.4, 0.5) is 4.39 Å². The second-order valence-electron chi connectivity index (χ2n) is 5.11. The summed E-state index contributed by atoms with van der Waals surface area (Å²) in [4.78, 5) is 3.97. The van der Waals surface area contributed by atoms with Crippen molar-refractivity contribution in [3.63, 3.8) is 0 Å². The fraction of sp³-hybridized carbons (Fsp3) is 0.176. The van der Waals surface area contributed by atoms with Gasteiger partial charge in [0.05, 0.1) is 13.7 Å². The molecule has 0 saturated carbocycles. The van der Waals surface area contributed by atoms with Crippen LogP contribution in [0, 0.1) is 5.82 Å². The molecule has 0 amide bonds. The normalized spacial score (nSPS) is 12.1. The molecule has 0 aliphatic heterocycles. The average Bonchev–Trinajstić information content (AvgIpc) is 3.07. The monoisotopic (exact) mass is 331 g/mol. The molecular weight excluding hydrogens is 317 g/mol. The Balaban J connectivity index is 2.02. The third-order valence-electron chi connectivity index (χ3n) is 3.69. The van der Waals surface area contributed by atoms with Crippen molar-refractivity contribution >= 4 is 11.6 Å². The van der Waals surface area contributed by atoms with E-state index in [9.17, 15) is 4.39 Å². The second kappa shape index (κ2) is 6.79. The Bertz CT molecular complexity index is 775. The van der Waals surface area contributed by atoms with Gasteiger partial charge in [-0.1, -0.05) is 29.8 Å². The van der Waals surface area contributed by atoms with Crippen LogP contribution in [0.15, 0.2) is 55.1 Å². The maximum atomic E-state index is 13.2. The molecule has 1 aromatic heterocycles. The number of hydrogen-bond donors (Lipinski definition) is 0. The second-order valence-corrected chi connectivity index (χ2v) is 5.52. The van der Waals surface area contributed by atoms with E-state index < -0.39 is 0 Å². The lowest BCUT2D eigenvalue weighted by Crippen LogP contribution is -2.12. The average molecular weight is 332 g/mol. The van der Waals surface area contributed by atoms with Gasteiger partial charge in [-0.25, -0.2) is 9.37 Å². The molecule has 0 spiro atoms. The minimum Gasteiger partial charge on any atom is -0.497 e. The SMILES string of the molecule is COc1ccc(C(Cn2cncn2)c2ccc(F)cc2)c(Cl)c1. The summed E-state index contributed by atoms with van der Waals surface area (Å²) < 4.78 is 20.2. The maximum Gasteiger partial charge on any atom is 0.137 e. The molecule has 0 radical (unpaired) electrons. The van der Waals surface area contributed by atoms with Crippen molar-refractivity contribution in [1.29, 1.82) is 0 Å². The van der Waals surface area contributed by atoms with Gasteiger partial charge in [0.1, 0.15) is 24.2 Å². The third kappa shape index (κ3) is 3.51. The van der Waals surface area contributed by atoms with Crippen LogP contribution >= 0.6 is 11.6 Å². The third-order valence-corrected chi connectivity index (χ3v) is 4.02. The lowest BCUT2D eigenvalue weighted by Gasteiger charge is -2.19. The number of aromatic nitrogens is 3. The highest BCUT2D eigenvalue weighted by atomic mass is 35.5. The van der Waals surface area contributed by atoms with Crippen molar-refractivity contribution in [2.75, 3.05) is 7.11 Å². The number of halogens is 2. The van der Waals surface area contributed by atoms with Crippen LogP contribution in [0.25, 0.3) is 0 Å². The predicted molar refractivity (Wildman–Crippen MR) is 86.3 cm³/mol. The van der Waals surface area contributed by atoms with E-state index >= 15 is 0 Å². The Labute approximate surface area is 138 Å². The van der Waals surface area contributed by atoms with Gasteiger partial charge in [0.2, 0.25) is 0 Å². The van der Waals surface area contributed by atoms with E-state index in [1.54, 1.807) is 36.3 Å². The van der Waals surface area contributed by atoms with Crippen molar-refractivity contribution in [3.8, 4) is 5.75 Å². The summed E-state index contributed by atoms with van der Waals surface area (Å²) in [7, 11) is 1.60. The highest BCUT2D eigenvalue weighted by molar-refractivity contribution is 6.31. The minimum absolute atomic E-state index is 0.0734. The molecule has 1 unspecified atom stereocenters. The summed E-state index contributed by atoms with van der Waals surface area (Å²) >= 11 is 6.42. The molecule has 1 heterocycles. The first-order chi connectivity index (χ1) is 11.2. The molecule has 118 valence electrons. The lowest BCUT2D eigenvalue weighted by atomic mass is 9.91. The van der Waals surface area contributed by atoms with Crippen molar-refractivity contribution in [1.82, 2.24) is 14.8 Å². The Hall–Kier alpha value is -2.40. The summed E-state index contributed by atoms with van der Waals surface area (Å²) in [5.74, 6) is 0.349. The van der Waals surface area contributed by atoms with Crippen LogP contribution in [0.5, 0.6) is 5.75 Å². The van der Waals surface area contributed by atoms with Crippen LogP contribution in [0.2, 0.25) is 5.02 Å². The molecule has 3 aromatic rings. The molecule has 3 rings (SSSR count). The van der Waals surface area contributed by atoms with Gasteiger partial charge >= 0.3 is 0 Å². The largest absolute Gasteiger partial charge is 0.497 e. The smallest absolute Gasteiger partial charge is 0.137 e. The molecule has 0 aliphatic carbocycles. The van der Waals surface area contributed by atoms with Gasteiger partial charge in [-0.15, -0.1) is 0 Å². The van der Waals surface area contributed by atoms with E-state index in [0.717, 1.165) is 11.1 Å². The Morgan fingerprint density at radius 1 is 1.22 bits per heavy atom. The zero-order valence-corrected chi connectivity index (χ0v) is 13.2. The minimum atomic E-state index is -0.269. The Morgan fingerprint density at radius 2 is 2.00 bits per heavy atom. The quantitative estimate of drug-likeness (QED) is 0.711. The van der Waals surface area contributed by atoms with Crippen molar-refractivity contribution in [3.05, 3.63) is 77.1 Å². The molecule has 4 nitrogen and oxygen atoms in total. The molecule has 0 aliphatic rings. The molecule has 1 atom stereocenters. The van der Waals surface area contributed by atoms with Crippen LogP contribution in [0.3, 0.4) is 0 Å². The van der Waals surface area contributed by atoms with Gasteiger partial charge in [-0.2, -0.15) is 5.10 Å². The maximum absolute atomic E-state index is 13.2. The van der Waals surface area contributed by atoms with Crippen LogP contribution in [-0.2, 0) is 6.54 Å². The van der Waals surface area contributed by atoms with Crippen LogP contribution in [-0.4, -0.2) is 21.9 Å². The van der Waals surface area contributed by atoms with Crippen molar-refractivity contribution < 1.29 is 9.13 Å². The van der Waals surface area contributed by atoms with Gasteiger partial charge in [0, 0.05) is 10.9 Å². The lowest BCUT2D eigenvalue weighted by molar-refractivity contribution is 0.414. The van der Waals surface area contributed by atoms with E-state index in [-0.39, 0.29) is 11.7 Å². The molecule has 0 bridgehead atoms. The van der Waals surface area contributed by atoms with Gasteiger partial charge in [0.15, 0.2) is 0 Å². The highest BCUT2D eigenvalue weighted by Crippen LogP contribution is 2.34. The molecule has 0 saturated heterocycles. The molecule has 6 heteroatoms. The zero-order chi connectivity index (χ0) is 16.2. The van der Waals surface area contributed by atoms with E-state index in [1.165, 1.54) is 18.5 Å².